The first kappa shape index (κ1) is 11.8. The number of rotatable bonds is 1. The van der Waals surface area contributed by atoms with Crippen LogP contribution in [0.25, 0.3) is 0 Å². The van der Waals surface area contributed by atoms with Crippen LogP contribution >= 0.6 is 11.6 Å². The van der Waals surface area contributed by atoms with Crippen LogP contribution in [0.3, 0.4) is 0 Å². The van der Waals surface area contributed by atoms with Gasteiger partial charge in [-0.25, -0.2) is 4.79 Å². The van der Waals surface area contributed by atoms with Crippen LogP contribution in [-0.4, -0.2) is 19.3 Å². The molecule has 0 bridgehead atoms. The average Bonchev–Trinajstić information content (AvgIpc) is 2.03. The van der Waals surface area contributed by atoms with Crippen molar-refractivity contribution >= 4 is 17.6 Å². The summed E-state index contributed by atoms with van der Waals surface area (Å²) < 4.78 is 39.4. The van der Waals surface area contributed by atoms with Gasteiger partial charge in [0.25, 0.3) is 0 Å². The van der Waals surface area contributed by atoms with E-state index in [9.17, 15) is 18.0 Å². The van der Waals surface area contributed by atoms with E-state index in [-0.39, 0.29) is 0 Å². The number of nitrogens with zero attached hydrogens (tertiary/aromatic N) is 1. The van der Waals surface area contributed by atoms with Crippen molar-refractivity contribution < 1.29 is 22.7 Å². The quantitative estimate of drug-likeness (QED) is 0.379. The molecule has 0 heterocycles. The summed E-state index contributed by atoms with van der Waals surface area (Å²) in [6.45, 7) is 0. The summed E-state index contributed by atoms with van der Waals surface area (Å²) in [5.74, 6) is -1.41. The minimum atomic E-state index is -4.92. The largest absolute Gasteiger partial charge is 0.465 e. The lowest BCUT2D eigenvalue weighted by Crippen LogP contribution is -2.14. The fourth-order valence-corrected chi connectivity index (χ4v) is 0.548. The zero-order valence-electron chi connectivity index (χ0n) is 6.28. The van der Waals surface area contributed by atoms with Gasteiger partial charge in [0.2, 0.25) is 0 Å². The Bertz CT molecular complexity index is 289. The van der Waals surface area contributed by atoms with Gasteiger partial charge in [0.15, 0.2) is 5.57 Å². The van der Waals surface area contributed by atoms with Crippen LogP contribution in [0, 0.1) is 11.3 Å². The lowest BCUT2D eigenvalue weighted by Gasteiger charge is -2.05. The molecule has 0 aromatic carbocycles. The minimum Gasteiger partial charge on any atom is -0.465 e. The maximum Gasteiger partial charge on any atom is 0.428 e. The first-order valence-corrected chi connectivity index (χ1v) is 3.17. The number of carbonyl (C=O) groups excluding carboxylic acids is 1. The molecule has 7 heteroatoms. The van der Waals surface area contributed by atoms with Gasteiger partial charge in [-0.3, -0.25) is 0 Å². The summed E-state index contributed by atoms with van der Waals surface area (Å²) in [7, 11) is 0.847. The second-order valence-electron chi connectivity index (χ2n) is 1.79. The number of halogens is 4. The molecule has 0 saturated heterocycles. The summed E-state index contributed by atoms with van der Waals surface area (Å²) in [4.78, 5) is 10.5. The Hall–Kier alpha value is -1.22. The molecule has 0 aromatic heterocycles. The van der Waals surface area contributed by atoms with E-state index in [1.807, 2.05) is 0 Å². The highest BCUT2D eigenvalue weighted by molar-refractivity contribution is 6.33. The molecule has 3 nitrogen and oxygen atoms in total. The minimum absolute atomic E-state index is 0.847. The van der Waals surface area contributed by atoms with E-state index in [0.717, 1.165) is 13.2 Å². The van der Waals surface area contributed by atoms with Gasteiger partial charge in [0.1, 0.15) is 11.1 Å². The molecule has 0 saturated carbocycles. The third-order valence-electron chi connectivity index (χ3n) is 0.970. The Morgan fingerprint density at radius 3 is 2.23 bits per heavy atom. The molecular weight excluding hydrogens is 211 g/mol. The lowest BCUT2D eigenvalue weighted by atomic mass is 10.2. The van der Waals surface area contributed by atoms with Gasteiger partial charge in [-0.1, -0.05) is 11.6 Å². The molecule has 0 N–H and O–H groups in total. The van der Waals surface area contributed by atoms with Crippen LogP contribution in [0.15, 0.2) is 10.6 Å². The number of esters is 1. The van der Waals surface area contributed by atoms with Crippen LogP contribution in [0.1, 0.15) is 0 Å². The monoisotopic (exact) mass is 213 g/mol. The Labute approximate surface area is 76.3 Å². The zero-order valence-corrected chi connectivity index (χ0v) is 7.03. The van der Waals surface area contributed by atoms with Gasteiger partial charge in [0, 0.05) is 0 Å². The summed E-state index contributed by atoms with van der Waals surface area (Å²) in [5.41, 5.74) is -1.25. The molecule has 0 unspecified atom stereocenters. The molecule has 0 spiro atoms. The molecule has 0 aliphatic rings. The third kappa shape index (κ3) is 2.95. The molecular formula is C6H3ClF3NO2. The average molecular weight is 214 g/mol. The number of ether oxygens (including phenoxy) is 1. The van der Waals surface area contributed by atoms with Crippen molar-refractivity contribution in [2.45, 2.75) is 6.18 Å². The van der Waals surface area contributed by atoms with Crippen molar-refractivity contribution in [1.29, 1.82) is 5.26 Å². The summed E-state index contributed by atoms with van der Waals surface area (Å²) in [5, 5.41) is 6.39. The Morgan fingerprint density at radius 1 is 1.54 bits per heavy atom. The normalized spacial score (nSPS) is 12.9. The molecule has 0 rings (SSSR count). The fourth-order valence-electron chi connectivity index (χ4n) is 0.428. The molecule has 72 valence electrons. The Morgan fingerprint density at radius 2 is 2.00 bits per heavy atom. The standard InChI is InChI=1S/C6H3ClF3NO2/c1-13-5(12)3(2-11)4(7)6(8,9)10/h1H3/b4-3-. The molecule has 13 heavy (non-hydrogen) atoms. The van der Waals surface area contributed by atoms with Crippen LogP contribution in [0.2, 0.25) is 0 Å². The number of hydrogen-bond acceptors (Lipinski definition) is 3. The van der Waals surface area contributed by atoms with Gasteiger partial charge in [0.05, 0.1) is 7.11 Å². The Kier molecular flexibility index (Phi) is 3.75. The first-order chi connectivity index (χ1) is 5.84. The van der Waals surface area contributed by atoms with Crippen LogP contribution in [0.5, 0.6) is 0 Å². The first-order valence-electron chi connectivity index (χ1n) is 2.80. The highest BCUT2D eigenvalue weighted by atomic mass is 35.5. The van der Waals surface area contributed by atoms with Crippen LogP contribution in [-0.2, 0) is 9.53 Å². The summed E-state index contributed by atoms with van der Waals surface area (Å²) in [6.07, 6.45) is -4.92. The second-order valence-corrected chi connectivity index (χ2v) is 2.17. The van der Waals surface area contributed by atoms with Crippen molar-refractivity contribution in [3.63, 3.8) is 0 Å². The van der Waals surface area contributed by atoms with Gasteiger partial charge in [-0.15, -0.1) is 0 Å². The maximum absolute atomic E-state index is 11.8. The molecule has 0 aliphatic heterocycles. The smallest absolute Gasteiger partial charge is 0.428 e. The number of methoxy groups -OCH3 is 1. The summed E-state index contributed by atoms with van der Waals surface area (Å²) >= 11 is 4.73. The molecule has 0 aromatic rings. The van der Waals surface area contributed by atoms with Crippen molar-refractivity contribution in [3.8, 4) is 6.07 Å². The molecule has 0 fully saturated rings. The second kappa shape index (κ2) is 4.14. The van der Waals surface area contributed by atoms with Gasteiger partial charge >= 0.3 is 12.1 Å². The van der Waals surface area contributed by atoms with Crippen molar-refractivity contribution in [2.24, 2.45) is 0 Å². The third-order valence-corrected chi connectivity index (χ3v) is 1.37. The lowest BCUT2D eigenvalue weighted by molar-refractivity contribution is -0.136. The molecule has 0 atom stereocenters. The van der Waals surface area contributed by atoms with Crippen molar-refractivity contribution in [3.05, 3.63) is 10.6 Å². The van der Waals surface area contributed by atoms with Gasteiger partial charge in [-0.05, 0) is 0 Å². The zero-order chi connectivity index (χ0) is 10.6. The number of allylic oxidation sites excluding steroid dienone is 1. The Balaban J connectivity index is 5.18. The predicted molar refractivity (Wildman–Crippen MR) is 36.6 cm³/mol. The maximum atomic E-state index is 11.8. The van der Waals surface area contributed by atoms with Gasteiger partial charge in [-0.2, -0.15) is 18.4 Å². The number of nitriles is 1. The fraction of sp³-hybridized carbons (Fsp3) is 0.333. The highest BCUT2D eigenvalue weighted by Gasteiger charge is 2.37. The molecule has 0 aliphatic carbocycles. The van der Waals surface area contributed by atoms with Crippen molar-refractivity contribution in [1.82, 2.24) is 0 Å². The van der Waals surface area contributed by atoms with E-state index in [4.69, 9.17) is 16.9 Å². The SMILES string of the molecule is COC(=O)/C(C#N)=C(\Cl)C(F)(F)F. The van der Waals surface area contributed by atoms with E-state index in [1.54, 1.807) is 0 Å². The number of hydrogen-bond donors (Lipinski definition) is 0. The molecule has 0 amide bonds. The van der Waals surface area contributed by atoms with E-state index in [2.05, 4.69) is 4.74 Å². The summed E-state index contributed by atoms with van der Waals surface area (Å²) in [6, 6.07) is 1.01. The van der Waals surface area contributed by atoms with E-state index in [0.29, 0.717) is 0 Å². The molecule has 0 radical (unpaired) electrons. The van der Waals surface area contributed by atoms with Crippen LogP contribution in [0.4, 0.5) is 13.2 Å². The van der Waals surface area contributed by atoms with E-state index < -0.39 is 22.8 Å². The number of carbonyl (C=O) groups is 1. The number of alkyl halides is 3. The van der Waals surface area contributed by atoms with Crippen LogP contribution < -0.4 is 0 Å². The predicted octanol–water partition coefficient (Wildman–Crippen LogP) is 1.74. The van der Waals surface area contributed by atoms with Gasteiger partial charge < -0.3 is 4.74 Å². The van der Waals surface area contributed by atoms with E-state index in [1.165, 1.54) is 0 Å². The highest BCUT2D eigenvalue weighted by Crippen LogP contribution is 2.31. The topological polar surface area (TPSA) is 50.1 Å². The van der Waals surface area contributed by atoms with E-state index >= 15 is 0 Å². The van der Waals surface area contributed by atoms with Crippen molar-refractivity contribution in [2.75, 3.05) is 7.11 Å².